The summed E-state index contributed by atoms with van der Waals surface area (Å²) >= 11 is 5.46. The zero-order valence-electron chi connectivity index (χ0n) is 48.4. The van der Waals surface area contributed by atoms with Gasteiger partial charge in [0.25, 0.3) is 5.72 Å². The number of ether oxygens (including phenoxy) is 2. The quantitative estimate of drug-likeness (QED) is 0.0396. The summed E-state index contributed by atoms with van der Waals surface area (Å²) in [6.07, 6.45) is -1.33. The average Bonchev–Trinajstić information content (AvgIpc) is 1.57. The molecule has 1 spiro atoms. The number of carboxylic acids is 1. The fourth-order valence-corrected chi connectivity index (χ4v) is 11.9. The maximum atomic E-state index is 14.3. The number of nitrogens with zero attached hydrogens (tertiary/aromatic N) is 5. The number of benzene rings is 2. The highest BCUT2D eigenvalue weighted by Crippen LogP contribution is 2.40. The number of fused-ring (bicyclic) bond motifs is 4. The number of aliphatic hydroxyl groups is 1. The smallest absolute Gasteiger partial charge is 0.343 e. The molecule has 31 nitrogen and oxygen atoms in total. The molecule has 0 radical (unpaired) electrons. The van der Waals surface area contributed by atoms with E-state index in [2.05, 4.69) is 42.5 Å². The van der Waals surface area contributed by atoms with Gasteiger partial charge in [-0.05, 0) is 72.6 Å². The largest absolute Gasteiger partial charge is 0.481 e. The molecule has 2 aromatic rings. The molecule has 6 fully saturated rings. The summed E-state index contributed by atoms with van der Waals surface area (Å²) in [5.74, 6) is -9.34. The summed E-state index contributed by atoms with van der Waals surface area (Å²) in [6.45, 7) is 3.38. The molecule has 8 aliphatic rings. The minimum atomic E-state index is -1.58. The van der Waals surface area contributed by atoms with Crippen molar-refractivity contribution in [1.29, 1.82) is 0 Å². The van der Waals surface area contributed by atoms with Crippen LogP contribution in [-0.4, -0.2) is 227 Å². The first kappa shape index (κ1) is 64.1. The molecule has 8 unspecified atom stereocenters. The van der Waals surface area contributed by atoms with Crippen molar-refractivity contribution < 1.29 is 86.9 Å². The van der Waals surface area contributed by atoms with E-state index in [1.807, 2.05) is 32.9 Å². The van der Waals surface area contributed by atoms with Gasteiger partial charge < -0.3 is 71.9 Å². The van der Waals surface area contributed by atoms with Crippen LogP contribution in [0.25, 0.3) is 0 Å². The summed E-state index contributed by atoms with van der Waals surface area (Å²) < 4.78 is 10.6. The van der Waals surface area contributed by atoms with Crippen LogP contribution < -0.4 is 47.4 Å². The number of nitrogens with one attached hydrogen (secondary N) is 8. The molecule has 10 N–H and O–H groups in total. The van der Waals surface area contributed by atoms with E-state index in [-0.39, 0.29) is 82.5 Å². The van der Waals surface area contributed by atoms with Gasteiger partial charge in [-0.2, -0.15) is 0 Å². The van der Waals surface area contributed by atoms with E-state index < -0.39 is 139 Å². The Bertz CT molecular complexity index is 3100. The zero-order chi connectivity index (χ0) is 63.0. The maximum Gasteiger partial charge on any atom is 0.343 e. The van der Waals surface area contributed by atoms with Gasteiger partial charge in [0.05, 0.1) is 63.1 Å². The van der Waals surface area contributed by atoms with Gasteiger partial charge in [0, 0.05) is 57.2 Å². The molecule has 6 saturated heterocycles. The van der Waals surface area contributed by atoms with Crippen molar-refractivity contribution in [2.75, 3.05) is 82.2 Å². The van der Waals surface area contributed by atoms with Crippen molar-refractivity contribution in [3.63, 3.8) is 0 Å². The van der Waals surface area contributed by atoms with Crippen molar-refractivity contribution >= 4 is 99.9 Å². The molecule has 8 aliphatic heterocycles. The number of aliphatic hydroxyl groups excluding tert-OH is 1. The van der Waals surface area contributed by atoms with Crippen LogP contribution in [0.4, 0.5) is 11.4 Å². The Balaban J connectivity index is 0.711. The number of carbonyl (C=O) groups is 12. The van der Waals surface area contributed by atoms with E-state index in [9.17, 15) is 67.7 Å². The summed E-state index contributed by atoms with van der Waals surface area (Å²) in [5, 5.41) is 41.6. The van der Waals surface area contributed by atoms with E-state index in [1.54, 1.807) is 38.1 Å². The van der Waals surface area contributed by atoms with E-state index in [1.165, 1.54) is 4.90 Å². The first-order chi connectivity index (χ1) is 42.0. The number of cyclic esters (lactones) is 1. The number of anilines is 2. The molecule has 88 heavy (non-hydrogen) atoms. The molecule has 2 aromatic carbocycles. The second-order valence-electron chi connectivity index (χ2n) is 22.8. The van der Waals surface area contributed by atoms with Gasteiger partial charge in [-0.15, -0.1) is 0 Å². The number of hydroxylamine groups is 2. The monoisotopic (exact) mass is 1250 g/mol. The molecule has 8 heterocycles. The minimum Gasteiger partial charge on any atom is -0.481 e. The molecular weight excluding hydrogens is 1170 g/mol. The van der Waals surface area contributed by atoms with Crippen molar-refractivity contribution in [3.8, 4) is 0 Å². The lowest BCUT2D eigenvalue weighted by molar-refractivity contribution is -0.416. The zero-order valence-corrected chi connectivity index (χ0v) is 49.2. The van der Waals surface area contributed by atoms with Gasteiger partial charge >= 0.3 is 29.8 Å². The van der Waals surface area contributed by atoms with Crippen LogP contribution in [0.15, 0.2) is 42.5 Å². The highest BCUT2D eigenvalue weighted by molar-refractivity contribution is 7.80. The first-order valence-corrected chi connectivity index (χ1v) is 29.5. The van der Waals surface area contributed by atoms with Gasteiger partial charge in [0.15, 0.2) is 5.11 Å². The number of hydrogen-bond donors (Lipinski definition) is 10. The third-order valence-electron chi connectivity index (χ3n) is 16.3. The van der Waals surface area contributed by atoms with Crippen LogP contribution >= 0.6 is 12.2 Å². The summed E-state index contributed by atoms with van der Waals surface area (Å²) in [6, 6.07) is 6.71. The Morgan fingerprint density at radius 3 is 2.20 bits per heavy atom. The molecule has 0 aromatic heterocycles. The van der Waals surface area contributed by atoms with Crippen molar-refractivity contribution in [1.82, 2.24) is 57.1 Å². The number of carbonyl (C=O) groups excluding carboxylic acids is 11. The fourth-order valence-electron chi connectivity index (χ4n) is 11.7. The van der Waals surface area contributed by atoms with Gasteiger partial charge in [-0.3, -0.25) is 67.5 Å². The predicted octanol–water partition coefficient (Wildman–Crippen LogP) is -4.06. The second kappa shape index (κ2) is 28.2. The number of rotatable bonds is 22. The van der Waals surface area contributed by atoms with Gasteiger partial charge in [0.2, 0.25) is 47.6 Å². The maximum absolute atomic E-state index is 14.3. The third kappa shape index (κ3) is 15.8. The Morgan fingerprint density at radius 1 is 0.773 bits per heavy atom. The van der Waals surface area contributed by atoms with Crippen molar-refractivity contribution in [2.24, 2.45) is 5.92 Å². The van der Waals surface area contributed by atoms with Crippen molar-refractivity contribution in [3.05, 3.63) is 59.2 Å². The van der Waals surface area contributed by atoms with Gasteiger partial charge in [-0.1, -0.05) is 50.6 Å². The molecule has 474 valence electrons. The minimum absolute atomic E-state index is 0.00403. The number of aryl methyl sites for hydroxylation is 1. The number of morpholine rings is 1. The third-order valence-corrected chi connectivity index (χ3v) is 16.6. The molecule has 7 amide bonds. The summed E-state index contributed by atoms with van der Waals surface area (Å²) in [5.41, 5.74) is 1.96. The SMILES string of the molecule is CC[C@H](C)[C@H](NC(=O)CNC(=O)CNC(=O)[C@H](CCC(=O)O)NC(=O)CCNC(=S)Nc1ccc(CC2CN3CCN4CC(=O)ON(OC(=O)C3)C3(C4)CN2CC(=O)O3)cc1)C(=O)N[C@H]1CCc2cccc3c2N(C1=O)[C@H](C(=O)NC1CC(=O)OC1O)C3. The number of carboxylic acid groups (broad SMARTS) is 1. The summed E-state index contributed by atoms with van der Waals surface area (Å²) in [4.78, 5) is 175. The molecule has 10 rings (SSSR count). The summed E-state index contributed by atoms with van der Waals surface area (Å²) in [7, 11) is 0. The lowest BCUT2D eigenvalue weighted by atomic mass is 9.97. The van der Waals surface area contributed by atoms with Crippen LogP contribution in [0.3, 0.4) is 0 Å². The molecular formula is C56H71N13O18S. The average molecular weight is 1250 g/mol. The normalized spacial score (nSPS) is 27.1. The second-order valence-corrected chi connectivity index (χ2v) is 23.2. The van der Waals surface area contributed by atoms with Crippen LogP contribution in [0, 0.1) is 5.92 Å². The molecule has 0 aliphatic carbocycles. The number of amides is 7. The number of hydrogen-bond acceptors (Lipinski definition) is 22. The Labute approximate surface area is 509 Å². The lowest BCUT2D eigenvalue weighted by Gasteiger charge is -2.49. The van der Waals surface area contributed by atoms with E-state index in [0.717, 1.165) is 21.9 Å². The van der Waals surface area contributed by atoms with Gasteiger partial charge in [0.1, 0.15) is 30.2 Å². The van der Waals surface area contributed by atoms with Crippen LogP contribution in [0.2, 0.25) is 0 Å². The molecule has 0 saturated carbocycles. The van der Waals surface area contributed by atoms with Gasteiger partial charge in [-0.25, -0.2) is 9.59 Å². The Kier molecular flexibility index (Phi) is 20.5. The highest BCUT2D eigenvalue weighted by Gasteiger charge is 2.56. The first-order valence-electron chi connectivity index (χ1n) is 29.1. The molecule has 13 atom stereocenters. The van der Waals surface area contributed by atoms with E-state index in [4.69, 9.17) is 31.4 Å². The van der Waals surface area contributed by atoms with Crippen molar-refractivity contribution in [2.45, 2.75) is 120 Å². The number of para-hydroxylation sites is 1. The predicted molar refractivity (Wildman–Crippen MR) is 307 cm³/mol. The standard InChI is InChI=1S/C56H71N13O18S/c1-3-30(2)48(52(81)62-37-12-9-32-5-4-6-33-20-39(68(49(32)33)53(37)82)51(80)63-38-21-44(75)84-54(38)83)64-42(72)23-58-41(71)22-59-50(79)36(13-14-43(73)74)61-40(70)15-16-57-55(88)60-34-10-7-31(8-11-34)19-35-24-65-17-18-66-26-47(78)87-69(86-46(77)25-65)56(28-66)29-67(35)27-45(76)85-56/h4-8,10-11,30,35-39,48,54,83H,3,9,12-29H2,1-2H3,(H,58,71)(H,59,79)(H,61,70)(H,62,81)(H,63,80)(H,64,72)(H,73,74)(H2,57,60,88)/t30-,35?,36-,37-,38?,39-,48-,54?,56?/m0/s1. The molecule has 32 heteroatoms. The lowest BCUT2D eigenvalue weighted by Crippen LogP contribution is -2.70. The Hall–Kier alpha value is -8.43. The number of esters is 2. The number of aliphatic carboxylic acids is 1. The highest BCUT2D eigenvalue weighted by atomic mass is 32.1. The van der Waals surface area contributed by atoms with Crippen LogP contribution in [0.5, 0.6) is 0 Å². The van der Waals surface area contributed by atoms with Crippen LogP contribution in [0.1, 0.15) is 69.1 Å². The fraction of sp³-hybridized carbons (Fsp3) is 0.554. The Morgan fingerprint density at radius 2 is 1.49 bits per heavy atom. The topological polar surface area (TPSA) is 395 Å². The van der Waals surface area contributed by atoms with E-state index >= 15 is 0 Å². The molecule has 5 bridgehead atoms. The number of thiocarbonyl (C=S) groups is 1. The van der Waals surface area contributed by atoms with E-state index in [0.29, 0.717) is 50.3 Å². The van der Waals surface area contributed by atoms with Crippen LogP contribution in [-0.2, 0) is 95.9 Å².